The molecule has 370 valence electrons. The fourth-order valence-electron chi connectivity index (χ4n) is 7.27. The molecule has 5 aromatic carbocycles. The molecule has 1 heterocycles. The van der Waals surface area contributed by atoms with Crippen molar-refractivity contribution >= 4 is 47.3 Å². The van der Waals surface area contributed by atoms with Crippen LogP contribution in [0.2, 0.25) is 0 Å². The van der Waals surface area contributed by atoms with Crippen LogP contribution in [0.25, 0.3) is 0 Å². The number of nitrogens with zero attached hydrogens (tertiary/aromatic N) is 2. The maximum absolute atomic E-state index is 12.9. The summed E-state index contributed by atoms with van der Waals surface area (Å²) >= 11 is 0. The Balaban J connectivity index is 0.000000243. The van der Waals surface area contributed by atoms with E-state index in [9.17, 15) is 38.7 Å². The topological polar surface area (TPSA) is 220 Å². The number of hydrogen-bond donors (Lipinski definition) is 5. The second-order valence-electron chi connectivity index (χ2n) is 18.0. The smallest absolute Gasteiger partial charge is 0.335 e. The molecule has 5 amide bonds. The number of carboxylic acid groups (broad SMARTS) is 3. The highest BCUT2D eigenvalue weighted by Crippen LogP contribution is 2.39. The third-order valence-electron chi connectivity index (χ3n) is 12.1. The van der Waals surface area contributed by atoms with Crippen molar-refractivity contribution < 1.29 is 53.6 Å². The summed E-state index contributed by atoms with van der Waals surface area (Å²) in [7, 11) is 0. The van der Waals surface area contributed by atoms with Gasteiger partial charge in [-0.05, 0) is 76.6 Å². The molecule has 1 fully saturated rings. The first-order valence-corrected chi connectivity index (χ1v) is 23.1. The Bertz CT molecular complexity index is 2570. The zero-order valence-electron chi connectivity index (χ0n) is 40.8. The molecule has 5 aromatic rings. The van der Waals surface area contributed by atoms with E-state index in [0.29, 0.717) is 30.0 Å². The molecule has 0 aliphatic carbocycles. The first-order chi connectivity index (χ1) is 33.2. The third kappa shape index (κ3) is 16.0. The van der Waals surface area contributed by atoms with Gasteiger partial charge in [-0.3, -0.25) is 39.1 Å². The number of nitrogens with one attached hydrogen (secondary N) is 2. The molecule has 0 spiro atoms. The number of imide groups is 2. The number of urea groups is 1. The summed E-state index contributed by atoms with van der Waals surface area (Å²) in [6.07, 6.45) is 1.75. The van der Waals surface area contributed by atoms with Gasteiger partial charge in [-0.2, -0.15) is 0 Å². The second kappa shape index (κ2) is 25.6. The molecule has 0 aromatic heterocycles. The normalized spacial score (nSPS) is 14.0. The number of benzene rings is 5. The number of carbonyl (C=O) groups excluding carboxylic acids is 4. The van der Waals surface area contributed by atoms with Crippen molar-refractivity contribution in [1.82, 2.24) is 15.1 Å². The van der Waals surface area contributed by atoms with Gasteiger partial charge in [0, 0.05) is 17.8 Å². The predicted octanol–water partition coefficient (Wildman–Crippen LogP) is 9.26. The van der Waals surface area contributed by atoms with Gasteiger partial charge >= 0.3 is 23.9 Å². The van der Waals surface area contributed by atoms with Crippen LogP contribution in [-0.2, 0) is 47.9 Å². The molecule has 5 N–H and O–H groups in total. The summed E-state index contributed by atoms with van der Waals surface area (Å²) in [5, 5.41) is 31.5. The van der Waals surface area contributed by atoms with Gasteiger partial charge in [0.1, 0.15) is 11.7 Å². The number of barbiturate groups is 1. The van der Waals surface area contributed by atoms with Crippen molar-refractivity contribution in [3.63, 3.8) is 0 Å². The van der Waals surface area contributed by atoms with E-state index in [2.05, 4.69) is 64.3 Å². The summed E-state index contributed by atoms with van der Waals surface area (Å²) in [5.74, 6) is -4.74. The number of carbonyl (C=O) groups is 7. The molecule has 0 saturated carbocycles. The summed E-state index contributed by atoms with van der Waals surface area (Å²) in [6, 6.07) is 38.9. The lowest BCUT2D eigenvalue weighted by Crippen LogP contribution is -2.56. The average Bonchev–Trinajstić information content (AvgIpc) is 3.33. The van der Waals surface area contributed by atoms with E-state index in [1.165, 1.54) is 22.6 Å². The van der Waals surface area contributed by atoms with Gasteiger partial charge in [-0.25, -0.2) is 9.59 Å². The highest BCUT2D eigenvalue weighted by Gasteiger charge is 2.41. The Morgan fingerprint density at radius 3 is 1.79 bits per heavy atom. The molecule has 70 heavy (non-hydrogen) atoms. The van der Waals surface area contributed by atoms with Crippen molar-refractivity contribution in [2.45, 2.75) is 104 Å². The Morgan fingerprint density at radius 1 is 0.700 bits per heavy atom. The van der Waals surface area contributed by atoms with Gasteiger partial charge in [0.15, 0.2) is 6.10 Å². The molecule has 15 nitrogen and oxygen atoms in total. The number of ether oxygens (including phenoxy) is 1. The molecule has 2 atom stereocenters. The minimum absolute atomic E-state index is 0.0494. The molecule has 1 aliphatic rings. The third-order valence-corrected chi connectivity index (χ3v) is 12.1. The number of aliphatic carboxylic acids is 2. The van der Waals surface area contributed by atoms with Crippen molar-refractivity contribution in [2.24, 2.45) is 0 Å². The Kier molecular flexibility index (Phi) is 20.1. The van der Waals surface area contributed by atoms with Crippen LogP contribution in [0.15, 0.2) is 133 Å². The van der Waals surface area contributed by atoms with E-state index in [0.717, 1.165) is 34.4 Å². The predicted molar refractivity (Wildman–Crippen MR) is 267 cm³/mol. The lowest BCUT2D eigenvalue weighted by Gasteiger charge is -2.31. The second-order valence-corrected chi connectivity index (χ2v) is 18.0. The average molecular weight is 957 g/mol. The molecule has 1 aliphatic heterocycles. The minimum atomic E-state index is -1.04. The summed E-state index contributed by atoms with van der Waals surface area (Å²) in [6.45, 7) is 15.0. The highest BCUT2D eigenvalue weighted by atomic mass is 16.5. The summed E-state index contributed by atoms with van der Waals surface area (Å²) in [4.78, 5) is 84.3. The highest BCUT2D eigenvalue weighted by molar-refractivity contribution is 6.19. The first kappa shape index (κ1) is 55.0. The Morgan fingerprint density at radius 2 is 1.26 bits per heavy atom. The lowest BCUT2D eigenvalue weighted by molar-refractivity contribution is -0.142. The fraction of sp³-hybridized carbons (Fsp3) is 0.327. The standard InChI is InChI=1S/C27H37NO4.C17H14N2O3.C11H13NO4/c1-8-22(24(29)28-20-13-11-12-18(16-20)25(30)31)32-23-15-14-19(26(4,5)9-2)17-21(23)27(6,7)10-3;20-15-14(13-9-5-2-6-10-13)16(21)19(17(22)18-15)11-12-7-3-1-4-8-12;13-10(14)7-12(8-11(15)16)6-9-4-2-1-3-5-9/h11-17,22H,8-10H2,1-7H3,(H,28,29)(H,30,31);1-10,14H,11H2,(H,18,20,22);1-5H,6-8H2,(H,13,14)(H,15,16). The van der Waals surface area contributed by atoms with Gasteiger partial charge in [0.25, 0.3) is 5.91 Å². The Labute approximate surface area is 409 Å². The van der Waals surface area contributed by atoms with E-state index in [1.54, 1.807) is 36.4 Å². The fourth-order valence-corrected chi connectivity index (χ4v) is 7.27. The van der Waals surface area contributed by atoms with Crippen LogP contribution in [0.3, 0.4) is 0 Å². The van der Waals surface area contributed by atoms with Gasteiger partial charge in [-0.1, -0.05) is 158 Å². The Hall–Kier alpha value is -7.65. The van der Waals surface area contributed by atoms with Gasteiger partial charge < -0.3 is 25.4 Å². The number of rotatable bonds is 19. The van der Waals surface area contributed by atoms with E-state index in [-0.39, 0.29) is 41.9 Å². The largest absolute Gasteiger partial charge is 0.480 e. The van der Waals surface area contributed by atoms with Crippen molar-refractivity contribution in [1.29, 1.82) is 0 Å². The minimum Gasteiger partial charge on any atom is -0.480 e. The zero-order valence-corrected chi connectivity index (χ0v) is 40.8. The van der Waals surface area contributed by atoms with Gasteiger partial charge in [-0.15, -0.1) is 0 Å². The lowest BCUT2D eigenvalue weighted by atomic mass is 9.76. The molecule has 1 saturated heterocycles. The number of hydrogen-bond acceptors (Lipinski definition) is 9. The van der Waals surface area contributed by atoms with Crippen molar-refractivity contribution in [2.75, 3.05) is 18.4 Å². The number of carboxylic acids is 3. The van der Waals surface area contributed by atoms with Crippen LogP contribution in [0.5, 0.6) is 5.75 Å². The van der Waals surface area contributed by atoms with E-state index in [4.69, 9.17) is 14.9 Å². The number of aromatic carboxylic acids is 1. The molecule has 6 rings (SSSR count). The summed E-state index contributed by atoms with van der Waals surface area (Å²) in [5.41, 5.74) is 5.15. The van der Waals surface area contributed by atoms with E-state index < -0.39 is 47.8 Å². The maximum Gasteiger partial charge on any atom is 0.335 e. The summed E-state index contributed by atoms with van der Waals surface area (Å²) < 4.78 is 6.27. The van der Waals surface area contributed by atoms with Crippen LogP contribution in [0.4, 0.5) is 10.5 Å². The van der Waals surface area contributed by atoms with Crippen LogP contribution < -0.4 is 15.4 Å². The molecule has 15 heteroatoms. The van der Waals surface area contributed by atoms with E-state index >= 15 is 0 Å². The molecular weight excluding hydrogens is 893 g/mol. The first-order valence-electron chi connectivity index (χ1n) is 23.1. The SMILES string of the molecule is CCC(Oc1ccc(C(C)(C)CC)cc1C(C)(C)CC)C(=O)Nc1cccc(C(=O)O)c1.O=C(O)CN(CC(=O)O)Cc1ccccc1.O=C1NC(=O)N(Cc2ccccc2)C(=O)C1c1ccccc1. The zero-order chi connectivity index (χ0) is 51.6. The number of anilines is 1. The van der Waals surface area contributed by atoms with Crippen LogP contribution >= 0.6 is 0 Å². The van der Waals surface area contributed by atoms with Gasteiger partial charge in [0.2, 0.25) is 11.8 Å². The molecule has 0 bridgehead atoms. The molecular formula is C55H64N4O11. The van der Waals surface area contributed by atoms with Crippen LogP contribution in [0, 0.1) is 0 Å². The number of amides is 5. The van der Waals surface area contributed by atoms with Crippen molar-refractivity contribution in [3.8, 4) is 5.75 Å². The quantitative estimate of drug-likeness (QED) is 0.0489. The monoisotopic (exact) mass is 956 g/mol. The van der Waals surface area contributed by atoms with Gasteiger partial charge in [0.05, 0.1) is 25.2 Å². The maximum atomic E-state index is 12.9. The molecule has 0 radical (unpaired) electrons. The molecule has 2 unspecified atom stereocenters. The van der Waals surface area contributed by atoms with E-state index in [1.807, 2.05) is 79.7 Å². The van der Waals surface area contributed by atoms with Crippen molar-refractivity contribution in [3.05, 3.63) is 167 Å². The van der Waals surface area contributed by atoms with Crippen LogP contribution in [-0.4, -0.2) is 86.0 Å². The van der Waals surface area contributed by atoms with Crippen LogP contribution in [0.1, 0.15) is 112 Å².